The van der Waals surface area contributed by atoms with E-state index in [2.05, 4.69) is 11.5 Å². The van der Waals surface area contributed by atoms with Gasteiger partial charge in [-0.2, -0.15) is 5.26 Å². The zero-order valence-electron chi connectivity index (χ0n) is 10.2. The van der Waals surface area contributed by atoms with Crippen LogP contribution in [0.1, 0.15) is 31.2 Å². The molecule has 0 aliphatic heterocycles. The minimum absolute atomic E-state index is 0.136. The van der Waals surface area contributed by atoms with Gasteiger partial charge in [0.1, 0.15) is 5.75 Å². The number of benzene rings is 1. The fraction of sp³-hybridized carbons (Fsp3) is 0.385. The lowest BCUT2D eigenvalue weighted by Gasteiger charge is -2.05. The Kier molecular flexibility index (Phi) is 6.30. The lowest BCUT2D eigenvalue weighted by molar-refractivity contribution is -0.121. The van der Waals surface area contributed by atoms with Gasteiger partial charge in [-0.25, -0.2) is 5.84 Å². The third-order valence-corrected chi connectivity index (χ3v) is 2.46. The summed E-state index contributed by atoms with van der Waals surface area (Å²) in [7, 11) is 0. The lowest BCUT2D eigenvalue weighted by atomic mass is 10.2. The molecule has 0 fully saturated rings. The third-order valence-electron chi connectivity index (χ3n) is 2.46. The van der Waals surface area contributed by atoms with E-state index in [1.54, 1.807) is 24.3 Å². The summed E-state index contributed by atoms with van der Waals surface area (Å²) in [6, 6.07) is 9.05. The molecule has 0 aromatic heterocycles. The van der Waals surface area contributed by atoms with Crippen LogP contribution in [0.4, 0.5) is 0 Å². The van der Waals surface area contributed by atoms with Gasteiger partial charge in [-0.15, -0.1) is 0 Å². The number of hydrogen-bond acceptors (Lipinski definition) is 4. The molecule has 0 bridgehead atoms. The van der Waals surface area contributed by atoms with Crippen molar-refractivity contribution in [3.63, 3.8) is 0 Å². The summed E-state index contributed by atoms with van der Waals surface area (Å²) in [6.07, 6.45) is 3.06. The minimum atomic E-state index is -0.136. The van der Waals surface area contributed by atoms with Gasteiger partial charge in [0.2, 0.25) is 5.91 Å². The van der Waals surface area contributed by atoms with Crippen molar-refractivity contribution in [1.29, 1.82) is 5.26 Å². The fourth-order valence-electron chi connectivity index (χ4n) is 1.45. The van der Waals surface area contributed by atoms with Crippen LogP contribution in [0.25, 0.3) is 0 Å². The van der Waals surface area contributed by atoms with E-state index in [1.165, 1.54) is 0 Å². The molecule has 0 saturated carbocycles. The van der Waals surface area contributed by atoms with Crippen molar-refractivity contribution in [2.45, 2.75) is 25.7 Å². The number of carbonyl (C=O) groups excluding carboxylic acids is 1. The molecule has 0 aliphatic rings. The summed E-state index contributed by atoms with van der Waals surface area (Å²) in [4.78, 5) is 10.8. The maximum atomic E-state index is 10.8. The third kappa shape index (κ3) is 5.32. The largest absolute Gasteiger partial charge is 0.494 e. The summed E-state index contributed by atoms with van der Waals surface area (Å²) < 4.78 is 5.50. The average Bonchev–Trinajstić information content (AvgIpc) is 2.43. The predicted octanol–water partition coefficient (Wildman–Crippen LogP) is 1.49. The van der Waals surface area contributed by atoms with E-state index >= 15 is 0 Å². The predicted molar refractivity (Wildman–Crippen MR) is 67.5 cm³/mol. The van der Waals surface area contributed by atoms with Crippen LogP contribution in [0, 0.1) is 11.3 Å². The first-order valence-electron chi connectivity index (χ1n) is 5.88. The van der Waals surface area contributed by atoms with Crippen molar-refractivity contribution in [2.24, 2.45) is 5.84 Å². The van der Waals surface area contributed by atoms with E-state index in [0.717, 1.165) is 25.0 Å². The number of nitrogens with one attached hydrogen (secondary N) is 1. The molecule has 1 aromatic carbocycles. The zero-order valence-corrected chi connectivity index (χ0v) is 10.2. The lowest BCUT2D eigenvalue weighted by Crippen LogP contribution is -2.29. The monoisotopic (exact) mass is 247 g/mol. The molecule has 0 spiro atoms. The van der Waals surface area contributed by atoms with Crippen molar-refractivity contribution in [3.8, 4) is 11.8 Å². The van der Waals surface area contributed by atoms with E-state index in [0.29, 0.717) is 18.6 Å². The van der Waals surface area contributed by atoms with Gasteiger partial charge in [0.15, 0.2) is 0 Å². The first-order chi connectivity index (χ1) is 8.76. The van der Waals surface area contributed by atoms with Crippen molar-refractivity contribution in [2.75, 3.05) is 6.61 Å². The molecular formula is C13H17N3O2. The Morgan fingerprint density at radius 1 is 1.28 bits per heavy atom. The van der Waals surface area contributed by atoms with Crippen LogP contribution in [0.3, 0.4) is 0 Å². The summed E-state index contributed by atoms with van der Waals surface area (Å²) in [5.41, 5.74) is 2.72. The number of hydrogen-bond donors (Lipinski definition) is 2. The maximum Gasteiger partial charge on any atom is 0.233 e. The molecule has 5 heteroatoms. The molecule has 0 heterocycles. The minimum Gasteiger partial charge on any atom is -0.494 e. The van der Waals surface area contributed by atoms with Gasteiger partial charge in [-0.05, 0) is 43.5 Å². The van der Waals surface area contributed by atoms with Gasteiger partial charge < -0.3 is 4.74 Å². The van der Waals surface area contributed by atoms with Crippen molar-refractivity contribution >= 4 is 5.91 Å². The van der Waals surface area contributed by atoms with Crippen LogP contribution >= 0.6 is 0 Å². The van der Waals surface area contributed by atoms with Gasteiger partial charge >= 0.3 is 0 Å². The number of amides is 1. The number of ether oxygens (including phenoxy) is 1. The molecule has 1 amide bonds. The van der Waals surface area contributed by atoms with E-state index < -0.39 is 0 Å². The standard InChI is InChI=1S/C13H17N3O2/c14-10-11-5-7-12(8-6-11)18-9-3-1-2-4-13(17)16-15/h5-8H,1-4,9,15H2,(H,16,17). The Morgan fingerprint density at radius 3 is 2.61 bits per heavy atom. The van der Waals surface area contributed by atoms with E-state index in [9.17, 15) is 4.79 Å². The molecule has 5 nitrogen and oxygen atoms in total. The summed E-state index contributed by atoms with van der Waals surface area (Å²) in [5.74, 6) is 5.59. The maximum absolute atomic E-state index is 10.8. The highest BCUT2D eigenvalue weighted by Crippen LogP contribution is 2.12. The van der Waals surface area contributed by atoms with E-state index in [4.69, 9.17) is 15.8 Å². The summed E-state index contributed by atoms with van der Waals surface area (Å²) in [5, 5.41) is 8.63. The number of nitrogens with two attached hydrogens (primary N) is 1. The molecule has 0 unspecified atom stereocenters. The van der Waals surface area contributed by atoms with Gasteiger partial charge in [-0.3, -0.25) is 10.2 Å². The first-order valence-corrected chi connectivity index (χ1v) is 5.88. The molecule has 18 heavy (non-hydrogen) atoms. The Balaban J connectivity index is 2.10. The normalized spacial score (nSPS) is 9.56. The Labute approximate surface area is 107 Å². The van der Waals surface area contributed by atoms with Crippen LogP contribution in [0.5, 0.6) is 5.75 Å². The molecule has 0 radical (unpaired) electrons. The van der Waals surface area contributed by atoms with Crippen LogP contribution in [0.2, 0.25) is 0 Å². The molecule has 0 aliphatic carbocycles. The molecule has 96 valence electrons. The summed E-state index contributed by atoms with van der Waals surface area (Å²) >= 11 is 0. The van der Waals surface area contributed by atoms with Gasteiger partial charge in [-0.1, -0.05) is 0 Å². The van der Waals surface area contributed by atoms with Crippen LogP contribution < -0.4 is 16.0 Å². The van der Waals surface area contributed by atoms with E-state index in [1.807, 2.05) is 0 Å². The zero-order chi connectivity index (χ0) is 13.2. The molecule has 3 N–H and O–H groups in total. The van der Waals surface area contributed by atoms with Crippen LogP contribution in [-0.2, 0) is 4.79 Å². The van der Waals surface area contributed by atoms with Gasteiger partial charge in [0.25, 0.3) is 0 Å². The number of nitriles is 1. The smallest absolute Gasteiger partial charge is 0.233 e. The second kappa shape index (κ2) is 8.09. The fourth-order valence-corrected chi connectivity index (χ4v) is 1.45. The highest BCUT2D eigenvalue weighted by Gasteiger charge is 1.98. The molecule has 0 saturated heterocycles. The average molecular weight is 247 g/mol. The topological polar surface area (TPSA) is 88.1 Å². The highest BCUT2D eigenvalue weighted by atomic mass is 16.5. The summed E-state index contributed by atoms with van der Waals surface area (Å²) in [6.45, 7) is 0.607. The molecular weight excluding hydrogens is 230 g/mol. The van der Waals surface area contributed by atoms with Gasteiger partial charge in [0, 0.05) is 6.42 Å². The number of hydrazine groups is 1. The number of rotatable bonds is 7. The Morgan fingerprint density at radius 2 is 2.00 bits per heavy atom. The van der Waals surface area contributed by atoms with Crippen molar-refractivity contribution in [3.05, 3.63) is 29.8 Å². The van der Waals surface area contributed by atoms with Crippen LogP contribution in [0.15, 0.2) is 24.3 Å². The number of nitrogens with zero attached hydrogens (tertiary/aromatic N) is 1. The van der Waals surface area contributed by atoms with Crippen LogP contribution in [-0.4, -0.2) is 12.5 Å². The number of carbonyl (C=O) groups is 1. The van der Waals surface area contributed by atoms with Crippen molar-refractivity contribution < 1.29 is 9.53 Å². The second-order valence-corrected chi connectivity index (χ2v) is 3.86. The van der Waals surface area contributed by atoms with E-state index in [-0.39, 0.29) is 5.91 Å². The number of unbranched alkanes of at least 4 members (excludes halogenated alkanes) is 2. The quantitative estimate of drug-likeness (QED) is 0.330. The Hall–Kier alpha value is -2.06. The molecule has 1 rings (SSSR count). The Bertz CT molecular complexity index is 409. The SMILES string of the molecule is N#Cc1ccc(OCCCCCC(=O)NN)cc1. The van der Waals surface area contributed by atoms with Gasteiger partial charge in [0.05, 0.1) is 18.2 Å². The second-order valence-electron chi connectivity index (χ2n) is 3.86. The molecule has 0 atom stereocenters. The molecule has 1 aromatic rings. The first kappa shape index (κ1) is 14.0. The van der Waals surface area contributed by atoms with Crippen molar-refractivity contribution in [1.82, 2.24) is 5.43 Å². The highest BCUT2D eigenvalue weighted by molar-refractivity contribution is 5.75.